The van der Waals surface area contributed by atoms with Crippen LogP contribution in [-0.2, 0) is 23.8 Å². The molecule has 2 atom stereocenters. The molecular formula is C26H30N2O7. The number of piperidine rings is 1. The zero-order valence-electron chi connectivity index (χ0n) is 19.9. The van der Waals surface area contributed by atoms with Crippen LogP contribution in [-0.4, -0.2) is 80.1 Å². The minimum atomic E-state index is -1.44. The third kappa shape index (κ3) is 4.87. The summed E-state index contributed by atoms with van der Waals surface area (Å²) >= 11 is 0. The minimum absolute atomic E-state index is 0.0699. The van der Waals surface area contributed by atoms with Crippen LogP contribution in [0.25, 0.3) is 11.1 Å². The Labute approximate surface area is 204 Å². The minimum Gasteiger partial charge on any atom is -0.479 e. The van der Waals surface area contributed by atoms with Crippen LogP contribution >= 0.6 is 0 Å². The maximum atomic E-state index is 13.0. The highest BCUT2D eigenvalue weighted by Gasteiger charge is 2.45. The van der Waals surface area contributed by atoms with E-state index in [4.69, 9.17) is 14.2 Å². The molecule has 1 heterocycles. The fourth-order valence-electron chi connectivity index (χ4n) is 4.94. The molecule has 186 valence electrons. The molecule has 1 saturated heterocycles. The number of carbonyl (C=O) groups excluding carboxylic acids is 2. The Morgan fingerprint density at radius 1 is 1.09 bits per heavy atom. The molecule has 1 aliphatic carbocycles. The lowest BCUT2D eigenvalue weighted by atomic mass is 9.92. The van der Waals surface area contributed by atoms with Gasteiger partial charge in [-0.2, -0.15) is 0 Å². The van der Waals surface area contributed by atoms with E-state index in [2.05, 4.69) is 17.4 Å². The summed E-state index contributed by atoms with van der Waals surface area (Å²) in [5.41, 5.74) is 3.05. The number of carboxylic acid groups (broad SMARTS) is 1. The first-order valence-corrected chi connectivity index (χ1v) is 11.6. The summed E-state index contributed by atoms with van der Waals surface area (Å²) in [6.07, 6.45) is -0.825. The van der Waals surface area contributed by atoms with Gasteiger partial charge in [0.1, 0.15) is 6.61 Å². The van der Waals surface area contributed by atoms with E-state index in [9.17, 15) is 19.5 Å². The van der Waals surface area contributed by atoms with Crippen molar-refractivity contribution in [1.29, 1.82) is 0 Å². The highest BCUT2D eigenvalue weighted by Crippen LogP contribution is 2.44. The number of amides is 2. The lowest BCUT2D eigenvalue weighted by Crippen LogP contribution is -2.58. The standard InChI is InChI=1S/C26H30N2O7/c1-33-22(23(29)28-13-7-12-26(16-28,34-2)24(30)31)14-27-25(32)35-15-21-19-10-5-3-8-17(19)18-9-4-6-11-20(18)21/h3-6,8-11,21-22H,7,12-16H2,1-2H3,(H,27,32)(H,30,31). The lowest BCUT2D eigenvalue weighted by Gasteiger charge is -2.39. The molecule has 9 nitrogen and oxygen atoms in total. The monoisotopic (exact) mass is 482 g/mol. The van der Waals surface area contributed by atoms with Gasteiger partial charge in [-0.05, 0) is 35.1 Å². The van der Waals surface area contributed by atoms with Crippen molar-refractivity contribution in [3.05, 3.63) is 59.7 Å². The van der Waals surface area contributed by atoms with E-state index in [0.29, 0.717) is 19.4 Å². The molecule has 1 aliphatic heterocycles. The van der Waals surface area contributed by atoms with Crippen molar-refractivity contribution in [2.45, 2.75) is 30.5 Å². The van der Waals surface area contributed by atoms with Crippen molar-refractivity contribution in [2.75, 3.05) is 40.5 Å². The summed E-state index contributed by atoms with van der Waals surface area (Å²) in [5.74, 6) is -1.59. The zero-order valence-corrected chi connectivity index (χ0v) is 19.9. The SMILES string of the molecule is COC(CNC(=O)OCC1c2ccccc2-c2ccccc21)C(=O)N1CCCC(OC)(C(=O)O)C1. The topological polar surface area (TPSA) is 114 Å². The molecule has 9 heteroatoms. The molecule has 0 radical (unpaired) electrons. The Morgan fingerprint density at radius 3 is 2.29 bits per heavy atom. The van der Waals surface area contributed by atoms with Gasteiger partial charge in [-0.3, -0.25) is 4.79 Å². The van der Waals surface area contributed by atoms with Crippen molar-refractivity contribution < 1.29 is 33.7 Å². The number of fused-ring (bicyclic) bond motifs is 3. The molecule has 0 aromatic heterocycles. The molecule has 0 bridgehead atoms. The zero-order chi connectivity index (χ0) is 25.0. The highest BCUT2D eigenvalue weighted by molar-refractivity contribution is 5.84. The normalized spacial score (nSPS) is 20.0. The Balaban J connectivity index is 1.33. The van der Waals surface area contributed by atoms with Gasteiger partial charge >= 0.3 is 12.1 Å². The number of nitrogens with zero attached hydrogens (tertiary/aromatic N) is 1. The van der Waals surface area contributed by atoms with Crippen LogP contribution < -0.4 is 5.32 Å². The lowest BCUT2D eigenvalue weighted by molar-refractivity contribution is -0.173. The fraction of sp³-hybridized carbons (Fsp3) is 0.423. The van der Waals surface area contributed by atoms with E-state index in [1.54, 1.807) is 0 Å². The van der Waals surface area contributed by atoms with Gasteiger partial charge in [-0.1, -0.05) is 48.5 Å². The number of likely N-dealkylation sites (tertiary alicyclic amines) is 1. The molecule has 2 aromatic rings. The third-order valence-corrected chi connectivity index (χ3v) is 6.88. The fourth-order valence-corrected chi connectivity index (χ4v) is 4.94. The van der Waals surface area contributed by atoms with E-state index < -0.39 is 29.7 Å². The van der Waals surface area contributed by atoms with Gasteiger partial charge < -0.3 is 29.5 Å². The number of alkyl carbamates (subject to hydrolysis) is 1. The molecule has 1 fully saturated rings. The molecule has 35 heavy (non-hydrogen) atoms. The molecule has 4 rings (SSSR count). The Hall–Kier alpha value is -3.43. The molecule has 0 saturated carbocycles. The van der Waals surface area contributed by atoms with E-state index in [1.807, 2.05) is 36.4 Å². The number of carbonyl (C=O) groups is 3. The number of aliphatic carboxylic acids is 1. The van der Waals surface area contributed by atoms with Crippen LogP contribution in [0, 0.1) is 0 Å². The molecule has 2 aromatic carbocycles. The van der Waals surface area contributed by atoms with Gasteiger partial charge in [0.25, 0.3) is 5.91 Å². The molecule has 2 N–H and O–H groups in total. The number of nitrogens with one attached hydrogen (secondary N) is 1. The van der Waals surface area contributed by atoms with Crippen LogP contribution in [0.5, 0.6) is 0 Å². The van der Waals surface area contributed by atoms with E-state index in [-0.39, 0.29) is 25.6 Å². The van der Waals surface area contributed by atoms with Crippen LogP contribution in [0.15, 0.2) is 48.5 Å². The van der Waals surface area contributed by atoms with Crippen molar-refractivity contribution in [1.82, 2.24) is 10.2 Å². The van der Waals surface area contributed by atoms with Crippen LogP contribution in [0.2, 0.25) is 0 Å². The third-order valence-electron chi connectivity index (χ3n) is 6.88. The predicted octanol–water partition coefficient (Wildman–Crippen LogP) is 2.63. The van der Waals surface area contributed by atoms with Crippen LogP contribution in [0.3, 0.4) is 0 Å². The van der Waals surface area contributed by atoms with Gasteiger partial charge in [-0.15, -0.1) is 0 Å². The first-order chi connectivity index (χ1) is 16.9. The van der Waals surface area contributed by atoms with Crippen molar-refractivity contribution >= 4 is 18.0 Å². The number of benzene rings is 2. The number of ether oxygens (including phenoxy) is 3. The molecule has 2 unspecified atom stereocenters. The second kappa shape index (κ2) is 10.5. The summed E-state index contributed by atoms with van der Waals surface area (Å²) in [6.45, 7) is 0.368. The second-order valence-electron chi connectivity index (χ2n) is 8.80. The van der Waals surface area contributed by atoms with Crippen LogP contribution in [0.4, 0.5) is 4.79 Å². The largest absolute Gasteiger partial charge is 0.479 e. The van der Waals surface area contributed by atoms with Crippen molar-refractivity contribution in [3.8, 4) is 11.1 Å². The predicted molar refractivity (Wildman–Crippen MR) is 127 cm³/mol. The number of methoxy groups -OCH3 is 2. The van der Waals surface area contributed by atoms with Crippen molar-refractivity contribution in [3.63, 3.8) is 0 Å². The molecular weight excluding hydrogens is 452 g/mol. The Bertz CT molecular complexity index is 1060. The van der Waals surface area contributed by atoms with Gasteiger partial charge in [0.05, 0.1) is 13.1 Å². The maximum Gasteiger partial charge on any atom is 0.407 e. The second-order valence-corrected chi connectivity index (χ2v) is 8.80. The highest BCUT2D eigenvalue weighted by atomic mass is 16.5. The summed E-state index contributed by atoms with van der Waals surface area (Å²) in [5, 5.41) is 12.2. The number of hydrogen-bond donors (Lipinski definition) is 2. The summed E-state index contributed by atoms with van der Waals surface area (Å²) in [7, 11) is 2.70. The Morgan fingerprint density at radius 2 is 1.71 bits per heavy atom. The van der Waals surface area contributed by atoms with Gasteiger partial charge in [0, 0.05) is 26.7 Å². The summed E-state index contributed by atoms with van der Waals surface area (Å²) in [4.78, 5) is 38.5. The number of rotatable bonds is 8. The van der Waals surface area contributed by atoms with E-state index in [1.165, 1.54) is 19.1 Å². The molecule has 2 amide bonds. The molecule has 2 aliphatic rings. The quantitative estimate of drug-likeness (QED) is 0.594. The van der Waals surface area contributed by atoms with Gasteiger partial charge in [0.15, 0.2) is 11.7 Å². The van der Waals surface area contributed by atoms with E-state index >= 15 is 0 Å². The van der Waals surface area contributed by atoms with Gasteiger partial charge in [-0.25, -0.2) is 9.59 Å². The molecule has 0 spiro atoms. The average Bonchev–Trinajstić information content (AvgIpc) is 3.21. The first kappa shape index (κ1) is 24.7. The average molecular weight is 483 g/mol. The van der Waals surface area contributed by atoms with E-state index in [0.717, 1.165) is 22.3 Å². The number of hydrogen-bond acceptors (Lipinski definition) is 6. The smallest absolute Gasteiger partial charge is 0.407 e. The Kier molecular flexibility index (Phi) is 7.37. The van der Waals surface area contributed by atoms with Crippen molar-refractivity contribution in [2.24, 2.45) is 0 Å². The number of carboxylic acids is 1. The summed E-state index contributed by atoms with van der Waals surface area (Å²) < 4.78 is 16.1. The van der Waals surface area contributed by atoms with Crippen LogP contribution in [0.1, 0.15) is 29.9 Å². The summed E-state index contributed by atoms with van der Waals surface area (Å²) in [6, 6.07) is 16.1. The first-order valence-electron chi connectivity index (χ1n) is 11.6. The maximum absolute atomic E-state index is 13.0. The van der Waals surface area contributed by atoms with Gasteiger partial charge in [0.2, 0.25) is 0 Å².